The Bertz CT molecular complexity index is 546. The van der Waals surface area contributed by atoms with Crippen molar-refractivity contribution in [3.05, 3.63) is 20.1 Å². The maximum atomic E-state index is 13.7. The van der Waals surface area contributed by atoms with Crippen molar-refractivity contribution in [3.8, 4) is 5.75 Å². The van der Waals surface area contributed by atoms with E-state index in [-0.39, 0.29) is 12.4 Å². The van der Waals surface area contributed by atoms with Crippen molar-refractivity contribution in [1.82, 2.24) is 0 Å². The first-order valence-corrected chi connectivity index (χ1v) is 10.2. The van der Waals surface area contributed by atoms with Gasteiger partial charge in [0, 0.05) is 0 Å². The van der Waals surface area contributed by atoms with Gasteiger partial charge < -0.3 is 4.74 Å². The second kappa shape index (κ2) is 7.17. The van der Waals surface area contributed by atoms with Crippen LogP contribution >= 0.6 is 90.4 Å². The van der Waals surface area contributed by atoms with Gasteiger partial charge in [-0.1, -0.05) is 0 Å². The summed E-state index contributed by atoms with van der Waals surface area (Å²) < 4.78 is 50.9. The summed E-state index contributed by atoms with van der Waals surface area (Å²) in [4.78, 5) is 0. The van der Waals surface area contributed by atoms with Crippen LogP contribution in [0.1, 0.15) is 0 Å². The fourth-order valence-corrected chi connectivity index (χ4v) is 4.64. The number of hydrogen-bond acceptors (Lipinski definition) is 3. The zero-order valence-corrected chi connectivity index (χ0v) is 17.8. The minimum Gasteiger partial charge on any atom is -0.490 e. The van der Waals surface area contributed by atoms with Gasteiger partial charge in [0.2, 0.25) is 0 Å². The highest BCUT2D eigenvalue weighted by Crippen LogP contribution is 2.36. The van der Waals surface area contributed by atoms with Crippen LogP contribution in [0.15, 0.2) is 0 Å². The third kappa shape index (κ3) is 4.66. The lowest BCUT2D eigenvalue weighted by Crippen LogP contribution is -2.14. The Hall–Kier alpha value is 1.78. The molecular weight excluding hydrogens is 719 g/mol. The molecule has 0 heterocycles. The van der Waals surface area contributed by atoms with Gasteiger partial charge >= 0.3 is 0 Å². The van der Waals surface area contributed by atoms with Gasteiger partial charge in [0.1, 0.15) is 18.1 Å². The number of benzene rings is 1. The van der Waals surface area contributed by atoms with Crippen LogP contribution < -0.4 is 4.74 Å². The zero-order chi connectivity index (χ0) is 14.1. The van der Waals surface area contributed by atoms with E-state index in [0.29, 0.717) is 20.0 Å². The third-order valence-corrected chi connectivity index (χ3v) is 8.59. The molecule has 0 fully saturated rings. The highest BCUT2D eigenvalue weighted by molar-refractivity contribution is 14.1. The molecule has 1 N–H and O–H groups in total. The summed E-state index contributed by atoms with van der Waals surface area (Å²) in [6.07, 6.45) is 0. The van der Waals surface area contributed by atoms with E-state index in [0.717, 1.165) is 0 Å². The largest absolute Gasteiger partial charge is 0.490 e. The Kier molecular flexibility index (Phi) is 7.10. The molecular formula is C8H5FI4O4S. The van der Waals surface area contributed by atoms with Crippen LogP contribution in [0.2, 0.25) is 0 Å². The van der Waals surface area contributed by atoms with E-state index in [4.69, 9.17) is 9.29 Å². The normalized spacial score (nSPS) is 11.7. The molecule has 0 amide bonds. The predicted molar refractivity (Wildman–Crippen MR) is 99.2 cm³/mol. The average Bonchev–Trinajstić information content (AvgIpc) is 2.27. The van der Waals surface area contributed by atoms with Crippen LogP contribution in [0.3, 0.4) is 0 Å². The molecule has 102 valence electrons. The minimum atomic E-state index is -4.06. The third-order valence-electron chi connectivity index (χ3n) is 1.76. The Morgan fingerprint density at radius 3 is 1.89 bits per heavy atom. The summed E-state index contributed by atoms with van der Waals surface area (Å²) in [7, 11) is -4.06. The molecule has 1 rings (SSSR count). The standard InChI is InChI=1S/C8H5FI4O4S/c9-3-4(10)6(12)8(7(13)5(3)11)17-1-2-18(14,15)16/h1-2H2,(H,14,15,16). The van der Waals surface area contributed by atoms with Gasteiger partial charge in [0.15, 0.2) is 5.82 Å². The van der Waals surface area contributed by atoms with Crippen LogP contribution in [0.25, 0.3) is 0 Å². The minimum absolute atomic E-state index is 0.178. The summed E-state index contributed by atoms with van der Waals surface area (Å²) >= 11 is 7.61. The van der Waals surface area contributed by atoms with E-state index in [9.17, 15) is 12.8 Å². The molecule has 0 bridgehead atoms. The molecule has 0 atom stereocenters. The van der Waals surface area contributed by atoms with E-state index in [1.54, 1.807) is 0 Å². The zero-order valence-electron chi connectivity index (χ0n) is 8.38. The van der Waals surface area contributed by atoms with Crippen molar-refractivity contribution in [2.24, 2.45) is 0 Å². The fraction of sp³-hybridized carbons (Fsp3) is 0.250. The molecule has 0 unspecified atom stereocenters. The highest BCUT2D eigenvalue weighted by atomic mass is 127. The predicted octanol–water partition coefficient (Wildman–Crippen LogP) is 3.51. The van der Waals surface area contributed by atoms with Crippen molar-refractivity contribution >= 4 is 100 Å². The number of ether oxygens (including phenoxy) is 1. The topological polar surface area (TPSA) is 63.6 Å². The van der Waals surface area contributed by atoms with E-state index in [2.05, 4.69) is 0 Å². The van der Waals surface area contributed by atoms with Crippen LogP contribution in [-0.2, 0) is 10.1 Å². The summed E-state index contributed by atoms with van der Waals surface area (Å²) in [5, 5.41) is 0. The van der Waals surface area contributed by atoms with Gasteiger partial charge in [0.05, 0.1) is 14.3 Å². The molecule has 1 aromatic rings. The molecule has 4 nitrogen and oxygen atoms in total. The first kappa shape index (κ1) is 17.8. The molecule has 0 spiro atoms. The molecule has 0 aliphatic carbocycles. The van der Waals surface area contributed by atoms with Gasteiger partial charge in [0.25, 0.3) is 10.1 Å². The van der Waals surface area contributed by atoms with Crippen LogP contribution in [0, 0.1) is 20.1 Å². The van der Waals surface area contributed by atoms with Gasteiger partial charge in [-0.05, 0) is 90.4 Å². The quantitative estimate of drug-likeness (QED) is 0.224. The second-order valence-corrected chi connectivity index (χ2v) is 8.92. The molecule has 10 heteroatoms. The van der Waals surface area contributed by atoms with Crippen molar-refractivity contribution < 1.29 is 22.1 Å². The van der Waals surface area contributed by atoms with Crippen LogP contribution in [0.5, 0.6) is 5.75 Å². The van der Waals surface area contributed by atoms with Crippen molar-refractivity contribution in [3.63, 3.8) is 0 Å². The Morgan fingerprint density at radius 1 is 1.06 bits per heavy atom. The van der Waals surface area contributed by atoms with Crippen molar-refractivity contribution in [1.29, 1.82) is 0 Å². The van der Waals surface area contributed by atoms with E-state index in [1.807, 2.05) is 90.4 Å². The molecule has 0 radical (unpaired) electrons. The first-order valence-electron chi connectivity index (χ1n) is 4.24. The molecule has 0 aromatic heterocycles. The lowest BCUT2D eigenvalue weighted by Gasteiger charge is -2.13. The fourth-order valence-electron chi connectivity index (χ4n) is 0.961. The Labute approximate surface area is 158 Å². The SMILES string of the molecule is O=S(=O)(O)CCOc1c(I)c(I)c(F)c(I)c1I. The smallest absolute Gasteiger partial charge is 0.268 e. The molecule has 1 aromatic carbocycles. The highest BCUT2D eigenvalue weighted by Gasteiger charge is 2.20. The molecule has 0 aliphatic heterocycles. The monoisotopic (exact) mass is 724 g/mol. The second-order valence-electron chi connectivity index (χ2n) is 3.03. The molecule has 0 saturated heterocycles. The molecule has 18 heavy (non-hydrogen) atoms. The summed E-state index contributed by atoms with van der Waals surface area (Å²) in [5.74, 6) is -0.369. The van der Waals surface area contributed by atoms with E-state index in [1.165, 1.54) is 0 Å². The van der Waals surface area contributed by atoms with Crippen LogP contribution in [0.4, 0.5) is 4.39 Å². The number of hydrogen-bond donors (Lipinski definition) is 1. The van der Waals surface area contributed by atoms with Gasteiger partial charge in [-0.2, -0.15) is 8.42 Å². The Balaban J connectivity index is 3.03. The van der Waals surface area contributed by atoms with Crippen molar-refractivity contribution in [2.45, 2.75) is 0 Å². The lowest BCUT2D eigenvalue weighted by molar-refractivity contribution is 0.329. The first-order chi connectivity index (χ1) is 8.15. The molecule has 0 saturated carbocycles. The maximum absolute atomic E-state index is 13.7. The molecule has 0 aliphatic rings. The summed E-state index contributed by atoms with van der Waals surface area (Å²) in [6.45, 7) is -0.178. The van der Waals surface area contributed by atoms with E-state index < -0.39 is 15.9 Å². The summed E-state index contributed by atoms with van der Waals surface area (Å²) in [5.41, 5.74) is 0. The van der Waals surface area contributed by atoms with Gasteiger partial charge in [-0.25, -0.2) is 4.39 Å². The summed E-state index contributed by atoms with van der Waals surface area (Å²) in [6, 6.07) is 0. The lowest BCUT2D eigenvalue weighted by atomic mass is 10.3. The average molecular weight is 724 g/mol. The van der Waals surface area contributed by atoms with Crippen molar-refractivity contribution in [2.75, 3.05) is 12.4 Å². The number of rotatable bonds is 4. The van der Waals surface area contributed by atoms with E-state index >= 15 is 0 Å². The van der Waals surface area contributed by atoms with Gasteiger partial charge in [-0.3, -0.25) is 4.55 Å². The van der Waals surface area contributed by atoms with Crippen LogP contribution in [-0.4, -0.2) is 25.3 Å². The maximum Gasteiger partial charge on any atom is 0.268 e. The Morgan fingerprint density at radius 2 is 1.50 bits per heavy atom. The number of halogens is 5. The van der Waals surface area contributed by atoms with Gasteiger partial charge in [-0.15, -0.1) is 0 Å².